The first-order chi connectivity index (χ1) is 16.5. The fraction of sp³-hybridized carbons (Fsp3) is 0.192. The summed E-state index contributed by atoms with van der Waals surface area (Å²) in [5.41, 5.74) is 0.690. The normalized spacial score (nSPS) is 16.0. The average molecular weight is 477 g/mol. The number of halogens is 2. The van der Waals surface area contributed by atoms with Gasteiger partial charge in [-0.2, -0.15) is 0 Å². The molecule has 5 rings (SSSR count). The third-order valence-corrected chi connectivity index (χ3v) is 6.24. The molecule has 0 radical (unpaired) electrons. The summed E-state index contributed by atoms with van der Waals surface area (Å²) < 4.78 is 19.1. The quantitative estimate of drug-likeness (QED) is 0.385. The molecule has 6 nitrogen and oxygen atoms in total. The number of piperazine rings is 1. The van der Waals surface area contributed by atoms with Gasteiger partial charge in [-0.1, -0.05) is 41.9 Å². The van der Waals surface area contributed by atoms with E-state index >= 15 is 0 Å². The summed E-state index contributed by atoms with van der Waals surface area (Å²) >= 11 is 5.83. The lowest BCUT2D eigenvalue weighted by molar-refractivity contribution is 0.0674. The third kappa shape index (κ3) is 4.52. The molecule has 8 heteroatoms. The number of benzene rings is 3. The first-order valence-electron chi connectivity index (χ1n) is 11.0. The van der Waals surface area contributed by atoms with E-state index in [-0.39, 0.29) is 17.0 Å². The van der Waals surface area contributed by atoms with Crippen LogP contribution in [0.4, 0.5) is 10.2 Å². The number of hydrogen-bond acceptors (Lipinski definition) is 5. The molecule has 0 bridgehead atoms. The Labute approximate surface area is 201 Å². The lowest BCUT2D eigenvalue weighted by atomic mass is 10.0. The Kier molecular flexibility index (Phi) is 6.02. The van der Waals surface area contributed by atoms with Crippen LogP contribution in [0.1, 0.15) is 17.3 Å². The van der Waals surface area contributed by atoms with Gasteiger partial charge in [0.1, 0.15) is 23.7 Å². The first kappa shape index (κ1) is 22.1. The highest BCUT2D eigenvalue weighted by molar-refractivity contribution is 6.30. The van der Waals surface area contributed by atoms with E-state index in [4.69, 9.17) is 16.3 Å². The summed E-state index contributed by atoms with van der Waals surface area (Å²) in [6, 6.07) is 19.7. The van der Waals surface area contributed by atoms with Crippen molar-refractivity contribution in [3.63, 3.8) is 0 Å². The molecule has 0 N–H and O–H groups in total. The zero-order chi connectivity index (χ0) is 23.7. The number of fused-ring (bicyclic) bond motifs is 1. The second kappa shape index (κ2) is 9.27. The van der Waals surface area contributed by atoms with Crippen molar-refractivity contribution in [2.75, 3.05) is 24.5 Å². The van der Waals surface area contributed by atoms with Crippen molar-refractivity contribution in [2.45, 2.75) is 13.0 Å². The SMILES string of the molecule is CC1CN(c2cc(Oc3ccc(F)c(Cl)c3)ncn2)CCN1C(=O)c1ccc2ccccc2c1. The van der Waals surface area contributed by atoms with E-state index in [1.165, 1.54) is 24.5 Å². The Morgan fingerprint density at radius 1 is 1.03 bits per heavy atom. The number of nitrogens with zero attached hydrogens (tertiary/aromatic N) is 4. The minimum absolute atomic E-state index is 0.0111. The number of ether oxygens (including phenoxy) is 1. The van der Waals surface area contributed by atoms with E-state index in [9.17, 15) is 9.18 Å². The van der Waals surface area contributed by atoms with Gasteiger partial charge in [-0.15, -0.1) is 0 Å². The van der Waals surface area contributed by atoms with Crippen molar-refractivity contribution in [1.29, 1.82) is 0 Å². The number of rotatable bonds is 4. The molecule has 4 aromatic rings. The highest BCUT2D eigenvalue weighted by atomic mass is 35.5. The molecule has 1 aromatic heterocycles. The van der Waals surface area contributed by atoms with Crippen LogP contribution in [0.25, 0.3) is 10.8 Å². The number of aromatic nitrogens is 2. The van der Waals surface area contributed by atoms with Crippen LogP contribution in [0, 0.1) is 5.82 Å². The highest BCUT2D eigenvalue weighted by Gasteiger charge is 2.29. The topological polar surface area (TPSA) is 58.6 Å². The Morgan fingerprint density at radius 3 is 2.65 bits per heavy atom. The number of hydrogen-bond donors (Lipinski definition) is 0. The predicted octanol–water partition coefficient (Wildman–Crippen LogP) is 5.57. The summed E-state index contributed by atoms with van der Waals surface area (Å²) in [5, 5.41) is 2.14. The van der Waals surface area contributed by atoms with Gasteiger partial charge in [-0.25, -0.2) is 14.4 Å². The molecule has 1 unspecified atom stereocenters. The Bertz CT molecular complexity index is 1370. The maximum atomic E-state index is 13.4. The molecule has 0 aliphatic carbocycles. The molecule has 0 saturated carbocycles. The number of anilines is 1. The van der Waals surface area contributed by atoms with Crippen molar-refractivity contribution in [3.8, 4) is 11.6 Å². The van der Waals surface area contributed by atoms with Crippen molar-refractivity contribution in [2.24, 2.45) is 0 Å². The Balaban J connectivity index is 1.28. The predicted molar refractivity (Wildman–Crippen MR) is 130 cm³/mol. The number of carbonyl (C=O) groups excluding carboxylic acids is 1. The van der Waals surface area contributed by atoms with Crippen LogP contribution in [-0.4, -0.2) is 46.5 Å². The van der Waals surface area contributed by atoms with Gasteiger partial charge >= 0.3 is 0 Å². The minimum atomic E-state index is -0.512. The number of carbonyl (C=O) groups is 1. The molecule has 3 aromatic carbocycles. The van der Waals surface area contributed by atoms with Crippen molar-refractivity contribution < 1.29 is 13.9 Å². The standard InChI is InChI=1S/C26H22ClFN4O2/c1-17-15-31(24-14-25(30-16-29-24)34-21-8-9-23(28)22(27)13-21)10-11-32(17)26(33)20-7-6-18-4-2-3-5-19(18)12-20/h2-9,12-14,16-17H,10-11,15H2,1H3. The fourth-order valence-electron chi connectivity index (χ4n) is 4.18. The maximum absolute atomic E-state index is 13.4. The molecule has 1 saturated heterocycles. The van der Waals surface area contributed by atoms with Crippen LogP contribution < -0.4 is 9.64 Å². The van der Waals surface area contributed by atoms with Crippen LogP contribution in [0.2, 0.25) is 5.02 Å². The van der Waals surface area contributed by atoms with Crippen molar-refractivity contribution >= 4 is 34.1 Å². The van der Waals surface area contributed by atoms with E-state index < -0.39 is 5.82 Å². The van der Waals surface area contributed by atoms with E-state index in [2.05, 4.69) is 14.9 Å². The molecule has 0 spiro atoms. The zero-order valence-electron chi connectivity index (χ0n) is 18.5. The summed E-state index contributed by atoms with van der Waals surface area (Å²) in [7, 11) is 0. The molecule has 1 aliphatic rings. The molecule has 1 atom stereocenters. The van der Waals surface area contributed by atoms with Crippen LogP contribution in [0.3, 0.4) is 0 Å². The average Bonchev–Trinajstić information content (AvgIpc) is 2.86. The maximum Gasteiger partial charge on any atom is 0.254 e. The van der Waals surface area contributed by atoms with Gasteiger partial charge in [0.05, 0.1) is 5.02 Å². The van der Waals surface area contributed by atoms with Crippen molar-refractivity contribution in [1.82, 2.24) is 14.9 Å². The number of amides is 1. The van der Waals surface area contributed by atoms with Gasteiger partial charge in [0.25, 0.3) is 5.91 Å². The lowest BCUT2D eigenvalue weighted by Gasteiger charge is -2.40. The van der Waals surface area contributed by atoms with Gasteiger partial charge in [0, 0.05) is 43.4 Å². The summed E-state index contributed by atoms with van der Waals surface area (Å²) in [4.78, 5) is 25.8. The monoisotopic (exact) mass is 476 g/mol. The fourth-order valence-corrected chi connectivity index (χ4v) is 4.35. The van der Waals surface area contributed by atoms with Gasteiger partial charge < -0.3 is 14.5 Å². The highest BCUT2D eigenvalue weighted by Crippen LogP contribution is 2.27. The van der Waals surface area contributed by atoms with Gasteiger partial charge in [-0.3, -0.25) is 4.79 Å². The van der Waals surface area contributed by atoms with Crippen LogP contribution >= 0.6 is 11.6 Å². The minimum Gasteiger partial charge on any atom is -0.439 e. The van der Waals surface area contributed by atoms with E-state index in [0.29, 0.717) is 42.6 Å². The van der Waals surface area contributed by atoms with E-state index in [1.807, 2.05) is 54.3 Å². The van der Waals surface area contributed by atoms with Gasteiger partial charge in [-0.05, 0) is 42.0 Å². The second-order valence-corrected chi connectivity index (χ2v) is 8.66. The van der Waals surface area contributed by atoms with Crippen LogP contribution in [-0.2, 0) is 0 Å². The molecular weight excluding hydrogens is 455 g/mol. The van der Waals surface area contributed by atoms with E-state index in [0.717, 1.165) is 10.8 Å². The smallest absolute Gasteiger partial charge is 0.254 e. The summed E-state index contributed by atoms with van der Waals surface area (Å²) in [6.45, 7) is 3.85. The first-order valence-corrected chi connectivity index (χ1v) is 11.4. The lowest BCUT2D eigenvalue weighted by Crippen LogP contribution is -2.54. The van der Waals surface area contributed by atoms with Gasteiger partial charge in [0.15, 0.2) is 0 Å². The molecular formula is C26H22ClFN4O2. The van der Waals surface area contributed by atoms with E-state index in [1.54, 1.807) is 6.07 Å². The molecule has 1 amide bonds. The molecule has 1 fully saturated rings. The summed E-state index contributed by atoms with van der Waals surface area (Å²) in [6.07, 6.45) is 1.42. The third-order valence-electron chi connectivity index (χ3n) is 5.95. The Morgan fingerprint density at radius 2 is 1.85 bits per heavy atom. The Hall–Kier alpha value is -3.71. The molecule has 1 aliphatic heterocycles. The molecule has 2 heterocycles. The molecule has 172 valence electrons. The largest absolute Gasteiger partial charge is 0.439 e. The van der Waals surface area contributed by atoms with Gasteiger partial charge in [0.2, 0.25) is 5.88 Å². The summed E-state index contributed by atoms with van der Waals surface area (Å²) in [5.74, 6) is 0.924. The van der Waals surface area contributed by atoms with Crippen molar-refractivity contribution in [3.05, 3.63) is 89.5 Å². The zero-order valence-corrected chi connectivity index (χ0v) is 19.2. The van der Waals surface area contributed by atoms with Crippen LogP contribution in [0.5, 0.6) is 11.6 Å². The van der Waals surface area contributed by atoms with Crippen LogP contribution in [0.15, 0.2) is 73.1 Å². The second-order valence-electron chi connectivity index (χ2n) is 8.25. The molecule has 34 heavy (non-hydrogen) atoms.